The van der Waals surface area contributed by atoms with E-state index in [0.717, 1.165) is 18.8 Å². The monoisotopic (exact) mass is 244 g/mol. The van der Waals surface area contributed by atoms with E-state index in [4.69, 9.17) is 0 Å². The summed E-state index contributed by atoms with van der Waals surface area (Å²) in [7, 11) is 0. The van der Waals surface area contributed by atoms with Crippen LogP contribution in [0, 0.1) is 0 Å². The van der Waals surface area contributed by atoms with Crippen LogP contribution < -0.4 is 0 Å². The third-order valence-electron chi connectivity index (χ3n) is 4.95. The van der Waals surface area contributed by atoms with Gasteiger partial charge in [0, 0.05) is 0 Å². The molecule has 0 spiro atoms. The summed E-state index contributed by atoms with van der Waals surface area (Å²) >= 11 is 0. The highest BCUT2D eigenvalue weighted by molar-refractivity contribution is 5.39. The predicted octanol–water partition coefficient (Wildman–Crippen LogP) is 4.67. The number of fused-ring (bicyclic) bond motifs is 1. The maximum atomic E-state index is 10.2. The summed E-state index contributed by atoms with van der Waals surface area (Å²) < 4.78 is 0. The fourth-order valence-corrected chi connectivity index (χ4v) is 3.74. The molecule has 1 nitrogen and oxygen atoms in total. The van der Waals surface area contributed by atoms with Crippen LogP contribution in [0.4, 0.5) is 0 Å². The van der Waals surface area contributed by atoms with E-state index < -0.39 is 0 Å². The first-order valence-corrected chi connectivity index (χ1v) is 7.57. The molecule has 0 bridgehead atoms. The average Bonchev–Trinajstić information content (AvgIpc) is 2.44. The van der Waals surface area contributed by atoms with Crippen LogP contribution in [0.15, 0.2) is 18.2 Å². The molecule has 98 valence electrons. The van der Waals surface area contributed by atoms with Gasteiger partial charge in [0.15, 0.2) is 0 Å². The van der Waals surface area contributed by atoms with Crippen molar-refractivity contribution in [3.05, 3.63) is 34.9 Å². The predicted molar refractivity (Wildman–Crippen MR) is 74.9 cm³/mol. The van der Waals surface area contributed by atoms with Gasteiger partial charge in [0.05, 0.1) is 6.10 Å². The molecular weight excluding hydrogens is 220 g/mol. The van der Waals surface area contributed by atoms with Gasteiger partial charge in [-0.25, -0.2) is 0 Å². The van der Waals surface area contributed by atoms with Crippen LogP contribution in [0.1, 0.15) is 86.5 Å². The van der Waals surface area contributed by atoms with Gasteiger partial charge in [-0.3, -0.25) is 0 Å². The van der Waals surface area contributed by atoms with Crippen molar-refractivity contribution in [3.63, 3.8) is 0 Å². The maximum absolute atomic E-state index is 10.2. The van der Waals surface area contributed by atoms with Gasteiger partial charge >= 0.3 is 0 Å². The minimum atomic E-state index is -0.222. The van der Waals surface area contributed by atoms with Gasteiger partial charge in [-0.05, 0) is 54.2 Å². The highest BCUT2D eigenvalue weighted by Gasteiger charge is 2.25. The zero-order valence-corrected chi connectivity index (χ0v) is 11.4. The van der Waals surface area contributed by atoms with Crippen molar-refractivity contribution in [1.29, 1.82) is 0 Å². The molecule has 1 N–H and O–H groups in total. The molecule has 2 atom stereocenters. The molecule has 1 aromatic rings. The highest BCUT2D eigenvalue weighted by atomic mass is 16.3. The van der Waals surface area contributed by atoms with Gasteiger partial charge < -0.3 is 5.11 Å². The Labute approximate surface area is 110 Å². The van der Waals surface area contributed by atoms with Crippen molar-refractivity contribution in [2.24, 2.45) is 0 Å². The van der Waals surface area contributed by atoms with E-state index >= 15 is 0 Å². The van der Waals surface area contributed by atoms with Crippen molar-refractivity contribution in [1.82, 2.24) is 0 Å². The first kappa shape index (κ1) is 12.2. The molecule has 0 saturated heterocycles. The van der Waals surface area contributed by atoms with E-state index in [1.807, 2.05) is 0 Å². The lowest BCUT2D eigenvalue weighted by Crippen LogP contribution is -2.14. The quantitative estimate of drug-likeness (QED) is 0.761. The number of aliphatic hydroxyl groups is 1. The zero-order valence-electron chi connectivity index (χ0n) is 11.4. The summed E-state index contributed by atoms with van der Waals surface area (Å²) in [4.78, 5) is 0. The molecule has 1 aromatic carbocycles. The van der Waals surface area contributed by atoms with E-state index in [1.165, 1.54) is 48.8 Å². The lowest BCUT2D eigenvalue weighted by molar-refractivity contribution is 0.151. The third kappa shape index (κ3) is 2.21. The fraction of sp³-hybridized carbons (Fsp3) is 0.647. The van der Waals surface area contributed by atoms with Gasteiger partial charge in [-0.15, -0.1) is 0 Å². The van der Waals surface area contributed by atoms with Gasteiger partial charge in [0.1, 0.15) is 0 Å². The number of rotatable bonds is 1. The smallest absolute Gasteiger partial charge is 0.0793 e. The topological polar surface area (TPSA) is 20.2 Å². The molecule has 0 radical (unpaired) electrons. The van der Waals surface area contributed by atoms with Crippen molar-refractivity contribution >= 4 is 0 Å². The molecule has 0 heterocycles. The Morgan fingerprint density at radius 2 is 1.72 bits per heavy atom. The Hall–Kier alpha value is -0.820. The Bertz CT molecular complexity index is 418. The summed E-state index contributed by atoms with van der Waals surface area (Å²) in [5.41, 5.74) is 4.08. The molecule has 2 aliphatic rings. The Morgan fingerprint density at radius 3 is 2.50 bits per heavy atom. The summed E-state index contributed by atoms with van der Waals surface area (Å²) in [6.45, 7) is 2.28. The summed E-state index contributed by atoms with van der Waals surface area (Å²) in [5, 5.41) is 10.2. The number of hydrogen-bond donors (Lipinski definition) is 1. The normalized spacial score (nSPS) is 29.0. The highest BCUT2D eigenvalue weighted by Crippen LogP contribution is 2.40. The van der Waals surface area contributed by atoms with E-state index in [0.29, 0.717) is 5.92 Å². The average molecular weight is 244 g/mol. The molecule has 0 amide bonds. The first-order chi connectivity index (χ1) is 8.75. The largest absolute Gasteiger partial charge is 0.388 e. The second kappa shape index (κ2) is 5.05. The van der Waals surface area contributed by atoms with Crippen LogP contribution in [0.5, 0.6) is 0 Å². The van der Waals surface area contributed by atoms with E-state index in [1.54, 1.807) is 0 Å². The van der Waals surface area contributed by atoms with E-state index in [-0.39, 0.29) is 6.10 Å². The second-order valence-electron chi connectivity index (χ2n) is 6.22. The maximum Gasteiger partial charge on any atom is 0.0793 e. The Kier molecular flexibility index (Phi) is 3.43. The van der Waals surface area contributed by atoms with Crippen LogP contribution in [0.2, 0.25) is 0 Å². The molecule has 1 saturated carbocycles. The summed E-state index contributed by atoms with van der Waals surface area (Å²) in [6.07, 6.45) is 8.66. The molecule has 3 rings (SSSR count). The number of aliphatic hydroxyl groups excluding tert-OH is 1. The van der Waals surface area contributed by atoms with E-state index in [2.05, 4.69) is 25.1 Å². The second-order valence-corrected chi connectivity index (χ2v) is 6.22. The zero-order chi connectivity index (χ0) is 12.5. The molecular formula is C17H24O. The lowest BCUT2D eigenvalue weighted by Gasteiger charge is -2.29. The van der Waals surface area contributed by atoms with Crippen LogP contribution in [-0.4, -0.2) is 5.11 Å². The molecule has 0 aromatic heterocycles. The SMILES string of the molecule is CC1CCC(O)c2cc(C3CCCCC3)ccc21. The Morgan fingerprint density at radius 1 is 0.944 bits per heavy atom. The van der Waals surface area contributed by atoms with Gasteiger partial charge in [0.2, 0.25) is 0 Å². The minimum Gasteiger partial charge on any atom is -0.388 e. The summed E-state index contributed by atoms with van der Waals surface area (Å²) in [6, 6.07) is 6.92. The van der Waals surface area contributed by atoms with Crippen molar-refractivity contribution in [2.75, 3.05) is 0 Å². The molecule has 2 unspecified atom stereocenters. The molecule has 2 aliphatic carbocycles. The standard InChI is InChI=1S/C17H24O/c1-12-7-10-17(18)16-11-14(8-9-15(12)16)13-5-3-2-4-6-13/h8-9,11-13,17-18H,2-7,10H2,1H3. The molecule has 18 heavy (non-hydrogen) atoms. The van der Waals surface area contributed by atoms with Gasteiger partial charge in [0.25, 0.3) is 0 Å². The van der Waals surface area contributed by atoms with Crippen LogP contribution in [-0.2, 0) is 0 Å². The molecule has 1 heteroatoms. The van der Waals surface area contributed by atoms with Gasteiger partial charge in [-0.2, -0.15) is 0 Å². The van der Waals surface area contributed by atoms with Crippen molar-refractivity contribution < 1.29 is 5.11 Å². The van der Waals surface area contributed by atoms with Gasteiger partial charge in [-0.1, -0.05) is 44.4 Å². The first-order valence-electron chi connectivity index (χ1n) is 7.57. The van der Waals surface area contributed by atoms with E-state index in [9.17, 15) is 5.11 Å². The molecule has 1 fully saturated rings. The minimum absolute atomic E-state index is 0.222. The van der Waals surface area contributed by atoms with Crippen LogP contribution in [0.3, 0.4) is 0 Å². The number of benzene rings is 1. The van der Waals surface area contributed by atoms with Crippen molar-refractivity contribution in [3.8, 4) is 0 Å². The van der Waals surface area contributed by atoms with Crippen LogP contribution >= 0.6 is 0 Å². The van der Waals surface area contributed by atoms with Crippen LogP contribution in [0.25, 0.3) is 0 Å². The summed E-state index contributed by atoms with van der Waals surface area (Å²) in [5.74, 6) is 1.36. The molecule has 0 aliphatic heterocycles. The fourth-order valence-electron chi connectivity index (χ4n) is 3.74. The lowest BCUT2D eigenvalue weighted by atomic mass is 9.78. The number of hydrogen-bond acceptors (Lipinski definition) is 1. The van der Waals surface area contributed by atoms with Crippen molar-refractivity contribution in [2.45, 2.75) is 69.8 Å². The Balaban J connectivity index is 1.91. The third-order valence-corrected chi connectivity index (χ3v) is 4.95.